The van der Waals surface area contributed by atoms with Crippen LogP contribution in [0.1, 0.15) is 31.7 Å². The fraction of sp³-hybridized carbons (Fsp3) is 0.533. The number of nitrogens with zero attached hydrogens (tertiary/aromatic N) is 1. The van der Waals surface area contributed by atoms with E-state index in [0.29, 0.717) is 18.1 Å². The van der Waals surface area contributed by atoms with Gasteiger partial charge in [-0.1, -0.05) is 18.2 Å². The maximum Gasteiger partial charge on any atom is 0.573 e. The molecule has 0 amide bonds. The largest absolute Gasteiger partial charge is 0.573 e. The van der Waals surface area contributed by atoms with Gasteiger partial charge < -0.3 is 15.4 Å². The topological polar surface area (TPSA) is 45.7 Å². The average molecular weight is 443 g/mol. The van der Waals surface area contributed by atoms with E-state index >= 15 is 0 Å². The van der Waals surface area contributed by atoms with Gasteiger partial charge in [0.2, 0.25) is 0 Å². The third-order valence-corrected chi connectivity index (χ3v) is 3.32. The summed E-state index contributed by atoms with van der Waals surface area (Å²) >= 11 is 0. The molecule has 0 aromatic heterocycles. The number of hydrogen-bond donors (Lipinski definition) is 2. The van der Waals surface area contributed by atoms with Crippen LogP contribution >= 0.6 is 24.0 Å². The number of guanidine groups is 1. The Morgan fingerprint density at radius 2 is 2.00 bits per heavy atom. The van der Waals surface area contributed by atoms with Gasteiger partial charge in [-0.05, 0) is 31.9 Å². The number of ether oxygens (including phenoxy) is 1. The van der Waals surface area contributed by atoms with Crippen LogP contribution in [0.25, 0.3) is 0 Å². The van der Waals surface area contributed by atoms with E-state index in [1.165, 1.54) is 12.1 Å². The van der Waals surface area contributed by atoms with Gasteiger partial charge in [-0.25, -0.2) is 0 Å². The summed E-state index contributed by atoms with van der Waals surface area (Å²) < 4.78 is 41.4. The van der Waals surface area contributed by atoms with Crippen LogP contribution in [0.15, 0.2) is 29.3 Å². The number of para-hydroxylation sites is 1. The molecule has 130 valence electrons. The normalized spacial score (nSPS) is 20.5. The summed E-state index contributed by atoms with van der Waals surface area (Å²) in [7, 11) is 0. The van der Waals surface area contributed by atoms with Gasteiger partial charge in [-0.3, -0.25) is 4.99 Å². The lowest BCUT2D eigenvalue weighted by atomic mass is 10.1. The second kappa shape index (κ2) is 8.60. The minimum Gasteiger partial charge on any atom is -0.405 e. The molecule has 1 fully saturated rings. The zero-order valence-electron chi connectivity index (χ0n) is 13.0. The van der Waals surface area contributed by atoms with Crippen LogP contribution in [0.3, 0.4) is 0 Å². The van der Waals surface area contributed by atoms with Crippen LogP contribution in [-0.4, -0.2) is 31.5 Å². The van der Waals surface area contributed by atoms with Gasteiger partial charge in [-0.15, -0.1) is 37.1 Å². The molecule has 0 saturated heterocycles. The van der Waals surface area contributed by atoms with Crippen molar-refractivity contribution in [1.82, 2.24) is 10.6 Å². The molecule has 1 aromatic rings. The lowest BCUT2D eigenvalue weighted by Crippen LogP contribution is -2.39. The molecule has 0 spiro atoms. The quantitative estimate of drug-likeness (QED) is 0.415. The SMILES string of the molecule is CCN=C(NCC)NC1CC1c1ccccc1OC(F)(F)F.I. The molecule has 23 heavy (non-hydrogen) atoms. The third kappa shape index (κ3) is 6.08. The summed E-state index contributed by atoms with van der Waals surface area (Å²) in [5, 5.41) is 6.34. The van der Waals surface area contributed by atoms with Gasteiger partial charge >= 0.3 is 6.36 Å². The fourth-order valence-electron chi connectivity index (χ4n) is 2.36. The fourth-order valence-corrected chi connectivity index (χ4v) is 2.36. The van der Waals surface area contributed by atoms with Gasteiger partial charge in [0, 0.05) is 25.0 Å². The second-order valence-electron chi connectivity index (χ2n) is 5.03. The molecule has 2 N–H and O–H groups in total. The number of hydrogen-bond acceptors (Lipinski definition) is 2. The molecule has 1 aromatic carbocycles. The molecule has 0 aliphatic heterocycles. The van der Waals surface area contributed by atoms with E-state index in [-0.39, 0.29) is 41.7 Å². The molecule has 0 bridgehead atoms. The van der Waals surface area contributed by atoms with Crippen molar-refractivity contribution in [3.8, 4) is 5.75 Å². The highest BCUT2D eigenvalue weighted by Crippen LogP contribution is 2.45. The van der Waals surface area contributed by atoms with Gasteiger partial charge in [0.05, 0.1) is 0 Å². The van der Waals surface area contributed by atoms with Crippen molar-refractivity contribution in [1.29, 1.82) is 0 Å². The molecule has 2 atom stereocenters. The first kappa shape index (κ1) is 19.9. The number of benzene rings is 1. The average Bonchev–Trinajstić information content (AvgIpc) is 3.17. The molecule has 1 saturated carbocycles. The highest BCUT2D eigenvalue weighted by Gasteiger charge is 2.42. The van der Waals surface area contributed by atoms with Crippen molar-refractivity contribution < 1.29 is 17.9 Å². The lowest BCUT2D eigenvalue weighted by Gasteiger charge is -2.14. The third-order valence-electron chi connectivity index (χ3n) is 3.32. The van der Waals surface area contributed by atoms with Crippen molar-refractivity contribution in [3.63, 3.8) is 0 Å². The van der Waals surface area contributed by atoms with Crippen LogP contribution in [0.5, 0.6) is 5.75 Å². The molecule has 8 heteroatoms. The van der Waals surface area contributed by atoms with E-state index < -0.39 is 6.36 Å². The molecule has 0 heterocycles. The van der Waals surface area contributed by atoms with Gasteiger partial charge in [0.25, 0.3) is 0 Å². The molecular weight excluding hydrogens is 422 g/mol. The van der Waals surface area contributed by atoms with E-state index in [1.54, 1.807) is 12.1 Å². The van der Waals surface area contributed by atoms with Crippen LogP contribution in [-0.2, 0) is 0 Å². The summed E-state index contributed by atoms with van der Waals surface area (Å²) in [5.74, 6) is 0.563. The van der Waals surface area contributed by atoms with E-state index in [2.05, 4.69) is 20.4 Å². The highest BCUT2D eigenvalue weighted by molar-refractivity contribution is 14.0. The van der Waals surface area contributed by atoms with Crippen LogP contribution in [0.2, 0.25) is 0 Å². The first-order valence-corrected chi connectivity index (χ1v) is 7.34. The number of nitrogens with one attached hydrogen (secondary N) is 2. The van der Waals surface area contributed by atoms with E-state index in [0.717, 1.165) is 13.0 Å². The minimum atomic E-state index is -4.67. The number of rotatable bonds is 5. The van der Waals surface area contributed by atoms with Gasteiger partial charge in [-0.2, -0.15) is 0 Å². The van der Waals surface area contributed by atoms with Gasteiger partial charge in [0.15, 0.2) is 5.96 Å². The van der Waals surface area contributed by atoms with Crippen molar-refractivity contribution in [2.75, 3.05) is 13.1 Å². The van der Waals surface area contributed by atoms with Crippen LogP contribution < -0.4 is 15.4 Å². The Morgan fingerprint density at radius 3 is 2.61 bits per heavy atom. The smallest absolute Gasteiger partial charge is 0.405 e. The maximum absolute atomic E-state index is 12.4. The second-order valence-corrected chi connectivity index (χ2v) is 5.03. The maximum atomic E-state index is 12.4. The number of aliphatic imine (C=N–C) groups is 1. The first-order chi connectivity index (χ1) is 10.4. The number of alkyl halides is 3. The molecular formula is C15H21F3IN3O. The Balaban J connectivity index is 0.00000264. The van der Waals surface area contributed by atoms with Crippen molar-refractivity contribution >= 4 is 29.9 Å². The monoisotopic (exact) mass is 443 g/mol. The summed E-state index contributed by atoms with van der Waals surface area (Å²) in [6.07, 6.45) is -3.92. The molecule has 1 aliphatic carbocycles. The van der Waals surface area contributed by atoms with Crippen LogP contribution in [0, 0.1) is 0 Å². The summed E-state index contributed by atoms with van der Waals surface area (Å²) in [4.78, 5) is 4.29. The summed E-state index contributed by atoms with van der Waals surface area (Å²) in [6.45, 7) is 5.26. The molecule has 0 radical (unpaired) electrons. The minimum absolute atomic E-state index is 0. The van der Waals surface area contributed by atoms with Crippen molar-refractivity contribution in [2.24, 2.45) is 4.99 Å². The van der Waals surface area contributed by atoms with Crippen molar-refractivity contribution in [2.45, 2.75) is 38.6 Å². The standard InChI is InChI=1S/C15H20F3N3O.HI/c1-3-19-14(20-4-2)21-12-9-11(12)10-7-5-6-8-13(10)22-15(16,17)18;/h5-8,11-12H,3-4,9H2,1-2H3,(H2,19,20,21);1H. The Hall–Kier alpha value is -1.19. The Kier molecular flexibility index (Phi) is 7.43. The van der Waals surface area contributed by atoms with Crippen molar-refractivity contribution in [3.05, 3.63) is 29.8 Å². The Morgan fingerprint density at radius 1 is 1.30 bits per heavy atom. The highest BCUT2D eigenvalue weighted by atomic mass is 127. The zero-order valence-corrected chi connectivity index (χ0v) is 15.3. The Labute approximate surface area is 150 Å². The van der Waals surface area contributed by atoms with E-state index in [9.17, 15) is 13.2 Å². The Bertz CT molecular complexity index is 537. The zero-order chi connectivity index (χ0) is 16.2. The van der Waals surface area contributed by atoms with Gasteiger partial charge in [0.1, 0.15) is 5.75 Å². The molecule has 2 rings (SSSR count). The summed E-state index contributed by atoms with van der Waals surface area (Å²) in [5.41, 5.74) is 0.574. The number of halogens is 4. The summed E-state index contributed by atoms with van der Waals surface area (Å²) in [6, 6.07) is 6.36. The first-order valence-electron chi connectivity index (χ1n) is 7.34. The molecule has 2 unspecified atom stereocenters. The lowest BCUT2D eigenvalue weighted by molar-refractivity contribution is -0.274. The molecule has 1 aliphatic rings. The van der Waals surface area contributed by atoms with Crippen LogP contribution in [0.4, 0.5) is 13.2 Å². The predicted octanol–water partition coefficient (Wildman–Crippen LogP) is 3.63. The molecule has 4 nitrogen and oxygen atoms in total. The van der Waals surface area contributed by atoms with E-state index in [4.69, 9.17) is 0 Å². The predicted molar refractivity (Wildman–Crippen MR) is 94.5 cm³/mol. The van der Waals surface area contributed by atoms with E-state index in [1.807, 2.05) is 13.8 Å².